The quantitative estimate of drug-likeness (QED) is 0.646. The van der Waals surface area contributed by atoms with Gasteiger partial charge in [0.1, 0.15) is 11.5 Å². The second-order valence-corrected chi connectivity index (χ2v) is 6.13. The lowest BCUT2D eigenvalue weighted by Gasteiger charge is -2.14. The van der Waals surface area contributed by atoms with Crippen LogP contribution in [-0.2, 0) is 10.3 Å². The van der Waals surface area contributed by atoms with Crippen molar-refractivity contribution in [3.63, 3.8) is 0 Å². The minimum Gasteiger partial charge on any atom is -0.469 e. The first-order valence-electron chi connectivity index (χ1n) is 7.56. The molecule has 1 fully saturated rings. The van der Waals surface area contributed by atoms with Crippen LogP contribution in [0.1, 0.15) is 28.9 Å². The van der Waals surface area contributed by atoms with Crippen molar-refractivity contribution in [3.8, 4) is 0 Å². The number of amides is 1. The van der Waals surface area contributed by atoms with Gasteiger partial charge in [-0.25, -0.2) is 14.4 Å². The summed E-state index contributed by atoms with van der Waals surface area (Å²) in [6.07, 6.45) is 2.70. The summed E-state index contributed by atoms with van der Waals surface area (Å²) < 4.78 is 19.1. The molecule has 0 spiro atoms. The van der Waals surface area contributed by atoms with Crippen molar-refractivity contribution in [1.82, 2.24) is 4.98 Å². The number of methoxy groups -OCH3 is 1. The Bertz CT molecular complexity index is 835. The molecular weight excluding hydrogens is 347 g/mol. The second-order valence-electron chi connectivity index (χ2n) is 5.70. The van der Waals surface area contributed by atoms with Gasteiger partial charge < -0.3 is 15.8 Å². The van der Waals surface area contributed by atoms with Gasteiger partial charge in [0.25, 0.3) is 11.9 Å². The number of benzene rings is 1. The number of anilines is 1. The largest absolute Gasteiger partial charge is 0.469 e. The summed E-state index contributed by atoms with van der Waals surface area (Å²) in [5, 5.41) is 3.13. The van der Waals surface area contributed by atoms with Gasteiger partial charge in [-0.2, -0.15) is 0 Å². The Morgan fingerprint density at radius 3 is 2.76 bits per heavy atom. The highest BCUT2D eigenvalue weighted by molar-refractivity contribution is 6.30. The van der Waals surface area contributed by atoms with E-state index in [4.69, 9.17) is 22.1 Å². The fraction of sp³-hybridized carbons (Fsp3) is 0.235. The molecule has 1 aliphatic carbocycles. The number of nitrogens with zero attached hydrogens (tertiary/aromatic N) is 2. The van der Waals surface area contributed by atoms with Crippen LogP contribution < -0.4 is 11.1 Å². The van der Waals surface area contributed by atoms with Crippen molar-refractivity contribution >= 4 is 29.2 Å². The summed E-state index contributed by atoms with van der Waals surface area (Å²) in [7, 11) is 1.40. The first kappa shape index (κ1) is 17.2. The maximum Gasteiger partial charge on any atom is 0.282 e. The number of nitrogens with two attached hydrogens (primary N) is 1. The van der Waals surface area contributed by atoms with Gasteiger partial charge in [0.05, 0.1) is 17.7 Å². The van der Waals surface area contributed by atoms with Gasteiger partial charge >= 0.3 is 0 Å². The van der Waals surface area contributed by atoms with E-state index >= 15 is 0 Å². The normalized spacial score (nSPS) is 15.6. The van der Waals surface area contributed by atoms with Crippen molar-refractivity contribution in [2.45, 2.75) is 18.4 Å². The summed E-state index contributed by atoms with van der Waals surface area (Å²) in [6, 6.07) is 7.40. The minimum atomic E-state index is -0.733. The lowest BCUT2D eigenvalue weighted by molar-refractivity contribution is 0.102. The number of carbonyl (C=O) groups excluding carboxylic acids is 1. The first-order chi connectivity index (χ1) is 11.9. The molecule has 8 heteroatoms. The summed E-state index contributed by atoms with van der Waals surface area (Å²) >= 11 is 5.76. The Balaban J connectivity index is 1.85. The molecule has 0 atom stereocenters. The van der Waals surface area contributed by atoms with Crippen LogP contribution in [0, 0.1) is 5.82 Å². The van der Waals surface area contributed by atoms with Crippen LogP contribution in [0.25, 0.3) is 0 Å². The van der Waals surface area contributed by atoms with Crippen LogP contribution in [0.5, 0.6) is 0 Å². The molecule has 0 aliphatic heterocycles. The molecular formula is C17H16ClFN4O2. The molecule has 3 N–H and O–H groups in total. The van der Waals surface area contributed by atoms with Gasteiger partial charge in [-0.15, -0.1) is 0 Å². The molecule has 0 bridgehead atoms. The van der Waals surface area contributed by atoms with Crippen LogP contribution in [-0.4, -0.2) is 24.0 Å². The third-order valence-electron chi connectivity index (χ3n) is 3.94. The Morgan fingerprint density at radius 2 is 2.16 bits per heavy atom. The van der Waals surface area contributed by atoms with Crippen LogP contribution in [0.3, 0.4) is 0 Å². The van der Waals surface area contributed by atoms with Crippen LogP contribution in [0.4, 0.5) is 10.1 Å². The number of aromatic nitrogens is 1. The lowest BCUT2D eigenvalue weighted by atomic mass is 10.0. The van der Waals surface area contributed by atoms with Gasteiger partial charge in [-0.05, 0) is 43.2 Å². The third kappa shape index (κ3) is 3.71. The van der Waals surface area contributed by atoms with Gasteiger partial charge in [0.2, 0.25) is 0 Å². The van der Waals surface area contributed by atoms with E-state index in [2.05, 4.69) is 15.3 Å². The zero-order chi connectivity index (χ0) is 18.0. The number of halogens is 2. The SMILES string of the molecule is CO/C(N)=N\C1(c2cc(NC(=O)c3ccc(Cl)cn3)ccc2F)CC1. The van der Waals surface area contributed by atoms with E-state index in [1.807, 2.05) is 0 Å². The average molecular weight is 363 g/mol. The maximum atomic E-state index is 14.3. The van der Waals surface area contributed by atoms with E-state index in [-0.39, 0.29) is 11.7 Å². The zero-order valence-electron chi connectivity index (χ0n) is 13.4. The monoisotopic (exact) mass is 362 g/mol. The Labute approximate surface area is 148 Å². The van der Waals surface area contributed by atoms with Crippen LogP contribution in [0.15, 0.2) is 41.5 Å². The molecule has 1 saturated carbocycles. The fourth-order valence-electron chi connectivity index (χ4n) is 2.48. The summed E-state index contributed by atoms with van der Waals surface area (Å²) in [4.78, 5) is 20.4. The Hall–Kier alpha value is -2.67. The topological polar surface area (TPSA) is 89.6 Å². The molecule has 2 aromatic rings. The summed E-state index contributed by atoms with van der Waals surface area (Å²) in [5.74, 6) is -0.827. The summed E-state index contributed by atoms with van der Waals surface area (Å²) in [5.41, 5.74) is 5.89. The number of carbonyl (C=O) groups is 1. The third-order valence-corrected chi connectivity index (χ3v) is 4.17. The zero-order valence-corrected chi connectivity index (χ0v) is 14.2. The highest BCUT2D eigenvalue weighted by Crippen LogP contribution is 2.51. The molecule has 0 radical (unpaired) electrons. The van der Waals surface area contributed by atoms with E-state index in [9.17, 15) is 9.18 Å². The van der Waals surface area contributed by atoms with Crippen molar-refractivity contribution in [2.24, 2.45) is 10.7 Å². The number of aliphatic imine (C=N–C) groups is 1. The molecule has 1 aromatic heterocycles. The van der Waals surface area contributed by atoms with Gasteiger partial charge in [-0.1, -0.05) is 11.6 Å². The number of amidine groups is 1. The molecule has 1 aromatic carbocycles. The number of nitrogens with one attached hydrogen (secondary N) is 1. The minimum absolute atomic E-state index is 0.00305. The standard InChI is InChI=1S/C17H16ClFN4O2/c1-25-16(20)23-17(6-7-17)12-8-11(3-4-13(12)19)22-15(24)14-5-2-10(18)9-21-14/h2-5,8-9H,6-7H2,1H3,(H2,20,23)(H,22,24). The first-order valence-corrected chi connectivity index (χ1v) is 7.93. The van der Waals surface area contributed by atoms with E-state index < -0.39 is 17.3 Å². The molecule has 1 amide bonds. The smallest absolute Gasteiger partial charge is 0.282 e. The molecule has 0 unspecified atom stereocenters. The average Bonchev–Trinajstić information content (AvgIpc) is 3.37. The van der Waals surface area contributed by atoms with Crippen molar-refractivity contribution in [3.05, 3.63) is 58.6 Å². The van der Waals surface area contributed by atoms with E-state index in [0.29, 0.717) is 29.1 Å². The molecule has 6 nitrogen and oxygen atoms in total. The fourth-order valence-corrected chi connectivity index (χ4v) is 2.59. The van der Waals surface area contributed by atoms with Gasteiger partial charge in [0, 0.05) is 17.4 Å². The summed E-state index contributed by atoms with van der Waals surface area (Å²) in [6.45, 7) is 0. The van der Waals surface area contributed by atoms with Gasteiger partial charge in [0.15, 0.2) is 0 Å². The predicted octanol–water partition coefficient (Wildman–Crippen LogP) is 3.08. The molecule has 1 aliphatic rings. The van der Waals surface area contributed by atoms with E-state index in [1.165, 1.54) is 31.5 Å². The lowest BCUT2D eigenvalue weighted by Crippen LogP contribution is -2.19. The van der Waals surface area contributed by atoms with E-state index in [1.54, 1.807) is 12.1 Å². The molecule has 130 valence electrons. The second kappa shape index (κ2) is 6.68. The molecule has 3 rings (SSSR count). The predicted molar refractivity (Wildman–Crippen MR) is 93.1 cm³/mol. The number of hydrogen-bond acceptors (Lipinski definition) is 4. The molecule has 25 heavy (non-hydrogen) atoms. The molecule has 1 heterocycles. The highest BCUT2D eigenvalue weighted by Gasteiger charge is 2.47. The Morgan fingerprint density at radius 1 is 1.40 bits per heavy atom. The van der Waals surface area contributed by atoms with Gasteiger partial charge in [-0.3, -0.25) is 4.79 Å². The number of hydrogen-bond donors (Lipinski definition) is 2. The van der Waals surface area contributed by atoms with E-state index in [0.717, 1.165) is 0 Å². The maximum absolute atomic E-state index is 14.3. The van der Waals surface area contributed by atoms with Crippen LogP contribution >= 0.6 is 11.6 Å². The van der Waals surface area contributed by atoms with Crippen molar-refractivity contribution < 1.29 is 13.9 Å². The molecule has 0 saturated heterocycles. The van der Waals surface area contributed by atoms with Crippen LogP contribution in [0.2, 0.25) is 5.02 Å². The number of rotatable bonds is 4. The van der Waals surface area contributed by atoms with Crippen molar-refractivity contribution in [2.75, 3.05) is 12.4 Å². The van der Waals surface area contributed by atoms with Crippen molar-refractivity contribution in [1.29, 1.82) is 0 Å². The highest BCUT2D eigenvalue weighted by atomic mass is 35.5. The number of pyridine rings is 1. The Kier molecular flexibility index (Phi) is 4.59. The number of ether oxygens (including phenoxy) is 1.